The summed E-state index contributed by atoms with van der Waals surface area (Å²) >= 11 is 4.32. The number of nitrogens with zero attached hydrogens (tertiary/aromatic N) is 4. The van der Waals surface area contributed by atoms with Crippen LogP contribution in [0.25, 0.3) is 0 Å². The number of hydrogen-bond acceptors (Lipinski definition) is 31. The van der Waals surface area contributed by atoms with E-state index in [0.29, 0.717) is 70.0 Å². The Hall–Kier alpha value is -2.49. The van der Waals surface area contributed by atoms with Crippen LogP contribution in [0.5, 0.6) is 0 Å². The number of likely N-dealkylation sites (N-methyl/N-ethyl adjacent to an activating group) is 1. The number of likely N-dealkylation sites (tertiary alicyclic amines) is 4. The molecule has 4 aliphatic rings. The smallest absolute Gasteiger partial charge is 0.449 e. The summed E-state index contributed by atoms with van der Waals surface area (Å²) < 4.78 is 119. The number of phosphoric acid groups is 4. The summed E-state index contributed by atoms with van der Waals surface area (Å²) in [5.41, 5.74) is -1.83. The molecule has 0 bridgehead atoms. The number of allylic oxidation sites excluding steroid dienone is 1. The van der Waals surface area contributed by atoms with Gasteiger partial charge in [0.05, 0.1) is 39.1 Å². The van der Waals surface area contributed by atoms with Crippen molar-refractivity contribution in [3.05, 3.63) is 38.0 Å². The van der Waals surface area contributed by atoms with Gasteiger partial charge in [0.15, 0.2) is 5.12 Å². The Balaban J connectivity index is 0.000000611. The van der Waals surface area contributed by atoms with Gasteiger partial charge in [0.1, 0.15) is 24.3 Å². The molecular formula is C53H94N4O26P4S4. The lowest BCUT2D eigenvalue weighted by atomic mass is 10.0. The molecule has 4 heterocycles. The molecule has 38 heteroatoms. The van der Waals surface area contributed by atoms with Crippen LogP contribution in [0.15, 0.2) is 38.0 Å². The zero-order chi connectivity index (χ0) is 68.7. The summed E-state index contributed by atoms with van der Waals surface area (Å²) in [6.45, 7) is 17.6. The molecule has 0 N–H and O–H groups in total. The normalized spacial score (nSPS) is 20.1. The third kappa shape index (κ3) is 30.6. The first kappa shape index (κ1) is 86.5. The molecule has 4 rings (SSSR count). The second kappa shape index (κ2) is 45.9. The van der Waals surface area contributed by atoms with Gasteiger partial charge in [-0.2, -0.15) is 0 Å². The van der Waals surface area contributed by atoms with Crippen molar-refractivity contribution in [3.8, 4) is 0 Å². The van der Waals surface area contributed by atoms with Gasteiger partial charge in [0.2, 0.25) is 15.3 Å². The maximum absolute atomic E-state index is 12.6. The van der Waals surface area contributed by atoms with Gasteiger partial charge in [-0.3, -0.25) is 88.2 Å². The van der Waals surface area contributed by atoms with E-state index in [2.05, 4.69) is 60.8 Å². The Morgan fingerprint density at radius 1 is 0.484 bits per heavy atom. The molecule has 0 radical (unpaired) electrons. The zero-order valence-corrected chi connectivity index (χ0v) is 60.9. The Morgan fingerprint density at radius 3 is 1.24 bits per heavy atom. The van der Waals surface area contributed by atoms with Gasteiger partial charge in [0, 0.05) is 112 Å². The molecule has 4 fully saturated rings. The van der Waals surface area contributed by atoms with Crippen molar-refractivity contribution in [1.82, 2.24) is 19.6 Å². The highest BCUT2D eigenvalue weighted by molar-refractivity contribution is 8.14. The second-order valence-corrected chi connectivity index (χ2v) is 31.5. The predicted molar refractivity (Wildman–Crippen MR) is 348 cm³/mol. The largest absolute Gasteiger partial charge is 0.474 e. The standard InChI is InChI=1S/C16H28NO7PS.C14H24NO7PS.C13H22NO7PS.C10H20NO5PS/c1-5-6-7-11-23-15(19)17-10-8-9-16(17,2)14(18)26-13-12-24-25(20,21-3)22-4;1-5-9-21-13(17)15-8-6-7-14(15,2)12(16)24-11-10-22-23(18,19-3)20-4;1-4-7-20-13(16)14-6-5-11(10-14)12(15)23-9-8-21-22(17,18-2)19-3;1-11-6-4-5-9(11)10(12)18-8-7-16-17(13,14-2)15-3/h5H,1,6-13H2,2-4H3;5H,1,6-11H2,2-4H3;4,11H,1,5-10H2,2-3H3;9H,4-8H2,1-3H3. The summed E-state index contributed by atoms with van der Waals surface area (Å²) in [7, 11) is -2.20. The van der Waals surface area contributed by atoms with Gasteiger partial charge < -0.3 is 19.1 Å². The van der Waals surface area contributed by atoms with Gasteiger partial charge >= 0.3 is 49.6 Å². The number of hydrogen-bond donors (Lipinski definition) is 0. The Bertz CT molecular complexity index is 2480. The van der Waals surface area contributed by atoms with Crippen LogP contribution in [-0.4, -0.2) is 241 Å². The third-order valence-corrected chi connectivity index (χ3v) is 23.3. The van der Waals surface area contributed by atoms with Crippen LogP contribution in [0.3, 0.4) is 0 Å². The number of thioether (sulfide) groups is 4. The van der Waals surface area contributed by atoms with Crippen molar-refractivity contribution >= 4 is 117 Å². The molecule has 4 atom stereocenters. The fraction of sp³-hybridized carbons (Fsp3) is 0.755. The Morgan fingerprint density at radius 2 is 0.868 bits per heavy atom. The van der Waals surface area contributed by atoms with Gasteiger partial charge in [0.25, 0.3) is 0 Å². The van der Waals surface area contributed by atoms with Crippen molar-refractivity contribution in [2.24, 2.45) is 5.92 Å². The van der Waals surface area contributed by atoms with E-state index in [1.54, 1.807) is 19.9 Å². The summed E-state index contributed by atoms with van der Waals surface area (Å²) in [4.78, 5) is 91.6. The first-order valence-corrected chi connectivity index (χ1v) is 38.4. The lowest BCUT2D eigenvalue weighted by Gasteiger charge is -2.32. The maximum atomic E-state index is 12.6. The zero-order valence-electron chi connectivity index (χ0n) is 54.0. The number of unbranched alkanes of at least 4 members (excludes halogenated alkanes) is 1. The van der Waals surface area contributed by atoms with Crippen molar-refractivity contribution in [2.45, 2.75) is 88.8 Å². The minimum absolute atomic E-state index is 0.00616. The highest BCUT2D eigenvalue weighted by atomic mass is 32.2. The SMILES string of the molecule is C=CCCCOC(=O)N1CCCC1(C)C(=O)SCCOP(=O)(OC)OC.C=CCOC(=O)N1CCC(C(=O)SCCOP(=O)(OC)OC)C1.C=CCOC(=O)N1CCCC1(C)C(=O)SCCOP(=O)(OC)OC.COP(=O)(OC)OCCSC(=O)C1CCCN1C. The maximum Gasteiger partial charge on any atom is 0.474 e. The van der Waals surface area contributed by atoms with Crippen LogP contribution >= 0.6 is 78.3 Å². The molecule has 0 aromatic rings. The molecule has 0 spiro atoms. The number of ether oxygens (including phenoxy) is 3. The second-order valence-electron chi connectivity index (χ2n) is 19.6. The van der Waals surface area contributed by atoms with E-state index >= 15 is 0 Å². The molecular weight excluding hydrogens is 1360 g/mol. The molecule has 0 aromatic heterocycles. The fourth-order valence-corrected chi connectivity index (χ4v) is 15.1. The van der Waals surface area contributed by atoms with E-state index in [-0.39, 0.29) is 83.6 Å². The molecule has 0 aliphatic carbocycles. The number of amides is 3. The molecule has 4 aliphatic heterocycles. The number of carbonyl (C=O) groups is 7. The Kier molecular flexibility index (Phi) is 43.6. The van der Waals surface area contributed by atoms with Gasteiger partial charge in [-0.15, -0.1) is 6.58 Å². The minimum atomic E-state index is -3.55. The van der Waals surface area contributed by atoms with E-state index < -0.39 is 60.6 Å². The highest BCUT2D eigenvalue weighted by Gasteiger charge is 2.48. The monoisotopic (exact) mass is 1450 g/mol. The molecule has 91 heavy (non-hydrogen) atoms. The lowest BCUT2D eigenvalue weighted by molar-refractivity contribution is -0.119. The fourth-order valence-electron chi connectivity index (χ4n) is 8.55. The van der Waals surface area contributed by atoms with E-state index in [4.69, 9.17) is 32.3 Å². The van der Waals surface area contributed by atoms with Crippen LogP contribution in [0.2, 0.25) is 0 Å². The molecule has 4 saturated heterocycles. The van der Waals surface area contributed by atoms with Crippen molar-refractivity contribution < 1.29 is 120 Å². The minimum Gasteiger partial charge on any atom is -0.449 e. The summed E-state index contributed by atoms with van der Waals surface area (Å²) in [6.07, 6.45) is 9.97. The molecule has 0 saturated carbocycles. The molecule has 3 amide bonds. The van der Waals surface area contributed by atoms with E-state index in [9.17, 15) is 51.8 Å². The first-order chi connectivity index (χ1) is 43.1. The van der Waals surface area contributed by atoms with E-state index in [1.807, 2.05) is 7.05 Å². The van der Waals surface area contributed by atoms with Gasteiger partial charge in [-0.25, -0.2) is 32.6 Å². The van der Waals surface area contributed by atoms with Crippen LogP contribution in [0, 0.1) is 5.92 Å². The van der Waals surface area contributed by atoms with Gasteiger partial charge in [-0.05, 0) is 85.2 Å². The van der Waals surface area contributed by atoms with Crippen LogP contribution < -0.4 is 0 Å². The lowest BCUT2D eigenvalue weighted by Crippen LogP contribution is -2.50. The van der Waals surface area contributed by atoms with E-state index in [0.717, 1.165) is 73.9 Å². The molecule has 4 unspecified atom stereocenters. The van der Waals surface area contributed by atoms with Crippen molar-refractivity contribution in [1.29, 1.82) is 0 Å². The molecule has 30 nitrogen and oxygen atoms in total. The van der Waals surface area contributed by atoms with Gasteiger partial charge in [-0.1, -0.05) is 78.4 Å². The molecule has 0 aromatic carbocycles. The summed E-state index contributed by atoms with van der Waals surface area (Å²) in [6, 6.07) is 0.00616. The van der Waals surface area contributed by atoms with E-state index in [1.165, 1.54) is 95.5 Å². The summed E-state index contributed by atoms with van der Waals surface area (Å²) in [5.74, 6) is 1.08. The number of carbonyl (C=O) groups excluding carboxylic acids is 7. The highest BCUT2D eigenvalue weighted by Crippen LogP contribution is 2.50. The van der Waals surface area contributed by atoms with Crippen molar-refractivity contribution in [2.75, 3.05) is 166 Å². The van der Waals surface area contributed by atoms with Crippen molar-refractivity contribution in [3.63, 3.8) is 0 Å². The first-order valence-electron chi connectivity index (χ1n) is 28.6. The number of rotatable bonds is 36. The average molecular weight is 1460 g/mol. The number of phosphoric ester groups is 4. The molecule has 526 valence electrons. The quantitative estimate of drug-likeness (QED) is 0.0243. The van der Waals surface area contributed by atoms with Crippen LogP contribution in [0.4, 0.5) is 14.4 Å². The van der Waals surface area contributed by atoms with Crippen LogP contribution in [0.1, 0.15) is 71.6 Å². The Labute approximate surface area is 552 Å². The van der Waals surface area contributed by atoms with Crippen LogP contribution in [-0.2, 0) is 106 Å². The summed E-state index contributed by atoms with van der Waals surface area (Å²) in [5, 5.41) is -0.198. The topological polar surface area (TPSA) is 339 Å². The third-order valence-electron chi connectivity index (χ3n) is 13.7. The predicted octanol–water partition coefficient (Wildman–Crippen LogP) is 10.5. The average Bonchev–Trinajstić information content (AvgIpc) is 1.73.